The van der Waals surface area contributed by atoms with Crippen molar-refractivity contribution in [2.75, 3.05) is 26.7 Å². The summed E-state index contributed by atoms with van der Waals surface area (Å²) in [5.41, 5.74) is 1.05. The van der Waals surface area contributed by atoms with Gasteiger partial charge in [0, 0.05) is 19.1 Å². The topological polar surface area (TPSA) is 23.6 Å². The van der Waals surface area contributed by atoms with E-state index in [-0.39, 0.29) is 5.91 Å². The molecule has 0 saturated heterocycles. The molecule has 0 bridgehead atoms. The predicted octanol–water partition coefficient (Wildman–Crippen LogP) is 2.92. The average Bonchev–Trinajstić information content (AvgIpc) is 2.36. The Morgan fingerprint density at radius 3 is 2.26 bits per heavy atom. The Labute approximate surface area is 118 Å². The average molecular weight is 266 g/mol. The molecule has 0 aromatic heterocycles. The molecule has 0 radical (unpaired) electrons. The van der Waals surface area contributed by atoms with Crippen LogP contribution in [-0.4, -0.2) is 48.4 Å². The van der Waals surface area contributed by atoms with Crippen LogP contribution in [0.2, 0.25) is 0 Å². The lowest BCUT2D eigenvalue weighted by Gasteiger charge is -2.34. The summed E-state index contributed by atoms with van der Waals surface area (Å²) in [6.45, 7) is 12.2. The molecule has 1 amide bonds. The van der Waals surface area contributed by atoms with E-state index in [9.17, 15) is 4.79 Å². The van der Waals surface area contributed by atoms with Gasteiger partial charge in [-0.05, 0) is 52.5 Å². The number of hydrogen-bond donors (Lipinski definition) is 0. The molecule has 1 fully saturated rings. The van der Waals surface area contributed by atoms with Gasteiger partial charge in [-0.2, -0.15) is 0 Å². The molecule has 0 N–H and O–H groups in total. The van der Waals surface area contributed by atoms with E-state index < -0.39 is 0 Å². The van der Waals surface area contributed by atoms with Crippen LogP contribution in [-0.2, 0) is 4.79 Å². The lowest BCUT2D eigenvalue weighted by Crippen LogP contribution is -2.44. The van der Waals surface area contributed by atoms with Gasteiger partial charge in [0.15, 0.2) is 0 Å². The second-order valence-corrected chi connectivity index (χ2v) is 6.19. The molecule has 110 valence electrons. The molecule has 19 heavy (non-hydrogen) atoms. The van der Waals surface area contributed by atoms with Crippen LogP contribution in [0.15, 0.2) is 12.2 Å². The van der Waals surface area contributed by atoms with Crippen molar-refractivity contribution in [3.8, 4) is 0 Å². The SMILES string of the molecule is C=C(C)CN(CC)C(=O)CN(C)C1CCC(C)CC1. The number of carbonyl (C=O) groups is 1. The van der Waals surface area contributed by atoms with E-state index in [2.05, 4.69) is 25.5 Å². The summed E-state index contributed by atoms with van der Waals surface area (Å²) in [5, 5.41) is 0. The molecule has 1 aliphatic rings. The van der Waals surface area contributed by atoms with Crippen molar-refractivity contribution in [1.82, 2.24) is 9.80 Å². The molecule has 0 aromatic rings. The zero-order valence-electron chi connectivity index (χ0n) is 13.1. The largest absolute Gasteiger partial charge is 0.338 e. The summed E-state index contributed by atoms with van der Waals surface area (Å²) in [4.78, 5) is 16.4. The smallest absolute Gasteiger partial charge is 0.237 e. The molecule has 3 heteroatoms. The van der Waals surface area contributed by atoms with E-state index in [0.29, 0.717) is 19.1 Å². The molecule has 1 aliphatic carbocycles. The number of nitrogens with zero attached hydrogens (tertiary/aromatic N) is 2. The van der Waals surface area contributed by atoms with Gasteiger partial charge < -0.3 is 4.90 Å². The van der Waals surface area contributed by atoms with E-state index in [1.807, 2.05) is 18.7 Å². The van der Waals surface area contributed by atoms with Crippen LogP contribution in [0.4, 0.5) is 0 Å². The highest BCUT2D eigenvalue weighted by molar-refractivity contribution is 5.78. The van der Waals surface area contributed by atoms with Gasteiger partial charge in [-0.15, -0.1) is 0 Å². The van der Waals surface area contributed by atoms with Crippen molar-refractivity contribution in [3.05, 3.63) is 12.2 Å². The third-order valence-corrected chi connectivity index (χ3v) is 4.19. The summed E-state index contributed by atoms with van der Waals surface area (Å²) >= 11 is 0. The van der Waals surface area contributed by atoms with E-state index in [1.165, 1.54) is 25.7 Å². The fourth-order valence-electron chi connectivity index (χ4n) is 2.83. The van der Waals surface area contributed by atoms with Crippen LogP contribution in [0, 0.1) is 5.92 Å². The van der Waals surface area contributed by atoms with Gasteiger partial charge in [-0.3, -0.25) is 9.69 Å². The van der Waals surface area contributed by atoms with Gasteiger partial charge in [0.2, 0.25) is 5.91 Å². The standard InChI is InChI=1S/C16H30N2O/c1-6-18(11-13(2)3)16(19)12-17(5)15-9-7-14(4)8-10-15/h14-15H,2,6-12H2,1,3-5H3. The second-order valence-electron chi connectivity index (χ2n) is 6.19. The fourth-order valence-corrected chi connectivity index (χ4v) is 2.83. The zero-order valence-corrected chi connectivity index (χ0v) is 13.1. The Hall–Kier alpha value is -0.830. The summed E-state index contributed by atoms with van der Waals surface area (Å²) in [7, 11) is 2.09. The van der Waals surface area contributed by atoms with Crippen LogP contribution in [0.3, 0.4) is 0 Å². The Kier molecular flexibility index (Phi) is 6.56. The van der Waals surface area contributed by atoms with Crippen LogP contribution in [0.1, 0.15) is 46.5 Å². The first-order chi connectivity index (χ1) is 8.93. The minimum Gasteiger partial charge on any atom is -0.338 e. The van der Waals surface area contributed by atoms with Crippen LogP contribution >= 0.6 is 0 Å². The highest BCUT2D eigenvalue weighted by Crippen LogP contribution is 2.26. The number of hydrogen-bond acceptors (Lipinski definition) is 2. The quantitative estimate of drug-likeness (QED) is 0.690. The second kappa shape index (κ2) is 7.68. The monoisotopic (exact) mass is 266 g/mol. The van der Waals surface area contributed by atoms with Crippen LogP contribution in [0.5, 0.6) is 0 Å². The summed E-state index contributed by atoms with van der Waals surface area (Å²) in [6, 6.07) is 0.587. The maximum atomic E-state index is 12.3. The Bertz CT molecular complexity index is 306. The van der Waals surface area contributed by atoms with Crippen molar-refractivity contribution in [2.45, 2.75) is 52.5 Å². The third-order valence-electron chi connectivity index (χ3n) is 4.19. The Balaban J connectivity index is 2.43. The molecule has 0 atom stereocenters. The highest BCUT2D eigenvalue weighted by atomic mass is 16.2. The van der Waals surface area contributed by atoms with Crippen LogP contribution in [0.25, 0.3) is 0 Å². The van der Waals surface area contributed by atoms with E-state index >= 15 is 0 Å². The maximum Gasteiger partial charge on any atom is 0.237 e. The van der Waals surface area contributed by atoms with E-state index in [0.717, 1.165) is 18.0 Å². The minimum atomic E-state index is 0.228. The van der Waals surface area contributed by atoms with Crippen molar-refractivity contribution in [2.24, 2.45) is 5.92 Å². The van der Waals surface area contributed by atoms with Gasteiger partial charge >= 0.3 is 0 Å². The third kappa shape index (κ3) is 5.35. The molecular formula is C16H30N2O. The number of amides is 1. The van der Waals surface area contributed by atoms with Gasteiger partial charge in [0.05, 0.1) is 6.54 Å². The zero-order chi connectivity index (χ0) is 14.4. The van der Waals surface area contributed by atoms with Gasteiger partial charge in [0.25, 0.3) is 0 Å². The normalized spacial score (nSPS) is 23.4. The fraction of sp³-hybridized carbons (Fsp3) is 0.812. The minimum absolute atomic E-state index is 0.228. The lowest BCUT2D eigenvalue weighted by atomic mass is 9.87. The molecule has 3 nitrogen and oxygen atoms in total. The molecule has 0 unspecified atom stereocenters. The first-order valence-electron chi connectivity index (χ1n) is 7.56. The van der Waals surface area contributed by atoms with Crippen molar-refractivity contribution >= 4 is 5.91 Å². The number of rotatable bonds is 6. The molecule has 0 aromatic carbocycles. The van der Waals surface area contributed by atoms with E-state index in [4.69, 9.17) is 0 Å². The summed E-state index contributed by atoms with van der Waals surface area (Å²) in [6.07, 6.45) is 5.06. The van der Waals surface area contributed by atoms with Gasteiger partial charge in [-0.25, -0.2) is 0 Å². The maximum absolute atomic E-state index is 12.3. The molecule has 1 rings (SSSR count). The predicted molar refractivity (Wildman–Crippen MR) is 81.1 cm³/mol. The molecule has 0 heterocycles. The highest BCUT2D eigenvalue weighted by Gasteiger charge is 2.24. The lowest BCUT2D eigenvalue weighted by molar-refractivity contribution is -0.132. The molecule has 0 aliphatic heterocycles. The molecular weight excluding hydrogens is 236 g/mol. The van der Waals surface area contributed by atoms with Crippen molar-refractivity contribution < 1.29 is 4.79 Å². The van der Waals surface area contributed by atoms with E-state index in [1.54, 1.807) is 0 Å². The first-order valence-corrected chi connectivity index (χ1v) is 7.56. The Morgan fingerprint density at radius 1 is 1.21 bits per heavy atom. The number of carbonyl (C=O) groups excluding carboxylic acids is 1. The number of likely N-dealkylation sites (N-methyl/N-ethyl adjacent to an activating group) is 2. The molecule has 1 saturated carbocycles. The molecule has 0 spiro atoms. The van der Waals surface area contributed by atoms with Crippen LogP contribution < -0.4 is 0 Å². The van der Waals surface area contributed by atoms with Gasteiger partial charge in [-0.1, -0.05) is 19.1 Å². The Morgan fingerprint density at radius 2 is 1.79 bits per heavy atom. The summed E-state index contributed by atoms with van der Waals surface area (Å²) in [5.74, 6) is 1.09. The first kappa shape index (κ1) is 16.2. The van der Waals surface area contributed by atoms with Crippen molar-refractivity contribution in [1.29, 1.82) is 0 Å². The van der Waals surface area contributed by atoms with Gasteiger partial charge in [0.1, 0.15) is 0 Å². The van der Waals surface area contributed by atoms with Crippen molar-refractivity contribution in [3.63, 3.8) is 0 Å². The summed E-state index contributed by atoms with van der Waals surface area (Å²) < 4.78 is 0.